The molecule has 0 radical (unpaired) electrons. The zero-order valence-corrected chi connectivity index (χ0v) is 10.7. The lowest BCUT2D eigenvalue weighted by Crippen LogP contribution is -2.04. The van der Waals surface area contributed by atoms with E-state index in [2.05, 4.69) is 20.7 Å². The molecule has 0 saturated carbocycles. The van der Waals surface area contributed by atoms with Crippen molar-refractivity contribution in [2.45, 2.75) is 12.3 Å². The van der Waals surface area contributed by atoms with Crippen LogP contribution in [0.15, 0.2) is 30.5 Å². The van der Waals surface area contributed by atoms with Crippen molar-refractivity contribution in [2.24, 2.45) is 0 Å². The van der Waals surface area contributed by atoms with Gasteiger partial charge < -0.3 is 9.84 Å². The Balaban J connectivity index is 3.18. The van der Waals surface area contributed by atoms with Gasteiger partial charge >= 0.3 is 11.9 Å². The van der Waals surface area contributed by atoms with E-state index in [1.165, 1.54) is 6.92 Å². The second kappa shape index (κ2) is 6.20. The summed E-state index contributed by atoms with van der Waals surface area (Å²) in [6, 6.07) is 7.01. The van der Waals surface area contributed by atoms with Crippen molar-refractivity contribution in [2.75, 3.05) is 0 Å². The van der Waals surface area contributed by atoms with Gasteiger partial charge in [-0.25, -0.2) is 4.79 Å². The number of carboxylic acids is 1. The van der Waals surface area contributed by atoms with Crippen LogP contribution < -0.4 is 0 Å². The van der Waals surface area contributed by atoms with E-state index < -0.39 is 11.9 Å². The average molecular weight is 299 g/mol. The van der Waals surface area contributed by atoms with Crippen LogP contribution in [0.1, 0.15) is 18.1 Å². The first-order valence-corrected chi connectivity index (χ1v) is 5.93. The highest BCUT2D eigenvalue weighted by Crippen LogP contribution is 2.21. The second-order valence-electron chi connectivity index (χ2n) is 3.24. The van der Waals surface area contributed by atoms with Gasteiger partial charge in [0.15, 0.2) is 0 Å². The summed E-state index contributed by atoms with van der Waals surface area (Å²) in [5.41, 5.74) is 1.29. The summed E-state index contributed by atoms with van der Waals surface area (Å²) in [4.78, 5) is 21.8. The summed E-state index contributed by atoms with van der Waals surface area (Å²) < 4.78 is 4.62. The number of esters is 1. The Hall–Kier alpha value is -1.62. The van der Waals surface area contributed by atoms with E-state index in [9.17, 15) is 9.59 Å². The van der Waals surface area contributed by atoms with Crippen LogP contribution in [0.3, 0.4) is 0 Å². The van der Waals surface area contributed by atoms with Gasteiger partial charge in [0.2, 0.25) is 0 Å². The minimum atomic E-state index is -1.14. The lowest BCUT2D eigenvalue weighted by Gasteiger charge is -2.07. The van der Waals surface area contributed by atoms with Gasteiger partial charge in [0.05, 0.1) is 0 Å². The van der Waals surface area contributed by atoms with Gasteiger partial charge in [0, 0.05) is 12.3 Å². The highest BCUT2D eigenvalue weighted by atomic mass is 79.9. The average Bonchev–Trinajstić information content (AvgIpc) is 2.29. The van der Waals surface area contributed by atoms with Crippen LogP contribution in [0.2, 0.25) is 0 Å². The van der Waals surface area contributed by atoms with Crippen molar-refractivity contribution in [1.82, 2.24) is 0 Å². The smallest absolute Gasteiger partial charge is 0.339 e. The minimum absolute atomic E-state index is 0.0461. The molecule has 0 aliphatic heterocycles. The monoisotopic (exact) mass is 298 g/mol. The van der Waals surface area contributed by atoms with Crippen LogP contribution in [-0.2, 0) is 19.7 Å². The Morgan fingerprint density at radius 3 is 2.59 bits per heavy atom. The van der Waals surface area contributed by atoms with Crippen LogP contribution >= 0.6 is 15.9 Å². The normalized spacial score (nSPS) is 11.1. The van der Waals surface area contributed by atoms with Crippen molar-refractivity contribution >= 4 is 33.4 Å². The number of aliphatic carboxylic acids is 1. The topological polar surface area (TPSA) is 63.6 Å². The van der Waals surface area contributed by atoms with Gasteiger partial charge in [0.1, 0.15) is 11.8 Å². The van der Waals surface area contributed by atoms with E-state index in [1.54, 1.807) is 18.2 Å². The number of carboxylic acid groups (broad SMARTS) is 1. The molecule has 0 aromatic heterocycles. The molecule has 90 valence electrons. The zero-order chi connectivity index (χ0) is 12.8. The molecular weight excluding hydrogens is 288 g/mol. The van der Waals surface area contributed by atoms with Gasteiger partial charge in [0.25, 0.3) is 0 Å². The maximum Gasteiger partial charge on any atom is 0.339 e. The first-order valence-electron chi connectivity index (χ1n) is 4.81. The van der Waals surface area contributed by atoms with Crippen molar-refractivity contribution in [1.29, 1.82) is 0 Å². The summed E-state index contributed by atoms with van der Waals surface area (Å²) in [6.07, 6.45) is 0.964. The third-order valence-electron chi connectivity index (χ3n) is 2.02. The number of hydrogen-bond acceptors (Lipinski definition) is 3. The van der Waals surface area contributed by atoms with Crippen molar-refractivity contribution < 1.29 is 19.4 Å². The molecule has 0 fully saturated rings. The fourth-order valence-corrected chi connectivity index (χ4v) is 1.76. The Kier molecular flexibility index (Phi) is 4.90. The van der Waals surface area contributed by atoms with Gasteiger partial charge in [-0.15, -0.1) is 0 Å². The van der Waals surface area contributed by atoms with E-state index in [4.69, 9.17) is 5.11 Å². The molecule has 0 aliphatic carbocycles. The summed E-state index contributed by atoms with van der Waals surface area (Å²) in [5.74, 6) is -1.69. The Morgan fingerprint density at radius 2 is 2.06 bits per heavy atom. The molecule has 0 aliphatic rings. The van der Waals surface area contributed by atoms with Crippen LogP contribution in [0.5, 0.6) is 0 Å². The fraction of sp³-hybridized carbons (Fsp3) is 0.167. The number of rotatable bonds is 4. The lowest BCUT2D eigenvalue weighted by molar-refractivity contribution is -0.135. The van der Waals surface area contributed by atoms with Crippen LogP contribution in [0.25, 0.3) is 5.57 Å². The minimum Gasteiger partial charge on any atom is -0.478 e. The molecule has 17 heavy (non-hydrogen) atoms. The number of ether oxygens (including phenoxy) is 1. The highest BCUT2D eigenvalue weighted by molar-refractivity contribution is 9.08. The van der Waals surface area contributed by atoms with E-state index >= 15 is 0 Å². The zero-order valence-electron chi connectivity index (χ0n) is 9.14. The molecule has 1 aromatic rings. The third kappa shape index (κ3) is 3.71. The third-order valence-corrected chi connectivity index (χ3v) is 2.63. The fourth-order valence-electron chi connectivity index (χ4n) is 1.27. The second-order valence-corrected chi connectivity index (χ2v) is 3.80. The molecule has 1 rings (SSSR count). The molecule has 1 N–H and O–H groups in total. The predicted molar refractivity (Wildman–Crippen MR) is 66.5 cm³/mol. The number of alkyl halides is 1. The molecule has 0 unspecified atom stereocenters. The largest absolute Gasteiger partial charge is 0.478 e. The van der Waals surface area contributed by atoms with E-state index in [0.29, 0.717) is 10.9 Å². The molecule has 0 saturated heterocycles. The SMILES string of the molecule is CC(=O)O/C=C(/C(=O)O)c1ccccc1CBr. The van der Waals surface area contributed by atoms with Crippen molar-refractivity contribution in [3.8, 4) is 0 Å². The summed E-state index contributed by atoms with van der Waals surface area (Å²) >= 11 is 3.28. The molecule has 0 atom stereocenters. The van der Waals surface area contributed by atoms with Crippen LogP contribution in [0.4, 0.5) is 0 Å². The molecule has 0 bridgehead atoms. The summed E-state index contributed by atoms with van der Waals surface area (Å²) in [6.45, 7) is 1.21. The van der Waals surface area contributed by atoms with Gasteiger partial charge in [-0.3, -0.25) is 4.79 Å². The predicted octanol–water partition coefficient (Wildman–Crippen LogP) is 2.57. The van der Waals surface area contributed by atoms with Crippen LogP contribution in [-0.4, -0.2) is 17.0 Å². The first kappa shape index (κ1) is 13.4. The molecule has 4 nitrogen and oxygen atoms in total. The lowest BCUT2D eigenvalue weighted by atomic mass is 10.0. The van der Waals surface area contributed by atoms with Gasteiger partial charge in [-0.1, -0.05) is 40.2 Å². The molecule has 0 spiro atoms. The first-order chi connectivity index (χ1) is 8.06. The standard InChI is InChI=1S/C12H11BrO4/c1-8(14)17-7-11(12(15)16)10-5-3-2-4-9(10)6-13/h2-5,7H,6H2,1H3,(H,15,16)/b11-7+. The van der Waals surface area contributed by atoms with E-state index in [-0.39, 0.29) is 5.57 Å². The number of carbonyl (C=O) groups is 2. The van der Waals surface area contributed by atoms with Crippen molar-refractivity contribution in [3.63, 3.8) is 0 Å². The molecule has 0 amide bonds. The molecule has 1 aromatic carbocycles. The van der Waals surface area contributed by atoms with Gasteiger partial charge in [-0.05, 0) is 11.1 Å². The Bertz CT molecular complexity index is 465. The molecule has 5 heteroatoms. The number of halogens is 1. The molecular formula is C12H11BrO4. The van der Waals surface area contributed by atoms with E-state index in [0.717, 1.165) is 11.8 Å². The molecule has 0 heterocycles. The summed E-state index contributed by atoms with van der Waals surface area (Å²) in [5, 5.41) is 9.61. The van der Waals surface area contributed by atoms with E-state index in [1.807, 2.05) is 6.07 Å². The van der Waals surface area contributed by atoms with Crippen molar-refractivity contribution in [3.05, 3.63) is 41.7 Å². The maximum atomic E-state index is 11.1. The summed E-state index contributed by atoms with van der Waals surface area (Å²) in [7, 11) is 0. The van der Waals surface area contributed by atoms with Gasteiger partial charge in [-0.2, -0.15) is 0 Å². The Morgan fingerprint density at radius 1 is 1.41 bits per heavy atom. The maximum absolute atomic E-state index is 11.1. The highest BCUT2D eigenvalue weighted by Gasteiger charge is 2.14. The number of benzene rings is 1. The number of carbonyl (C=O) groups excluding carboxylic acids is 1. The Labute approximate surface area is 107 Å². The van der Waals surface area contributed by atoms with Crippen LogP contribution in [0, 0.1) is 0 Å². The number of hydrogen-bond donors (Lipinski definition) is 1. The quantitative estimate of drug-likeness (QED) is 0.402.